The van der Waals surface area contributed by atoms with Gasteiger partial charge in [0.1, 0.15) is 23.9 Å². The maximum Gasteiger partial charge on any atom is 0.301 e. The van der Waals surface area contributed by atoms with Gasteiger partial charge in [-0.3, -0.25) is 19.5 Å². The van der Waals surface area contributed by atoms with Crippen LogP contribution in [0.3, 0.4) is 0 Å². The summed E-state index contributed by atoms with van der Waals surface area (Å²) in [6, 6.07) is 24.7. The van der Waals surface area contributed by atoms with E-state index in [1.807, 2.05) is 61.5 Å². The number of hydrogen-bond donors (Lipinski definition) is 1. The van der Waals surface area contributed by atoms with Gasteiger partial charge in [0.15, 0.2) is 5.13 Å². The highest BCUT2D eigenvalue weighted by Crippen LogP contribution is 2.45. The predicted octanol–water partition coefficient (Wildman–Crippen LogP) is 6.30. The van der Waals surface area contributed by atoms with Crippen LogP contribution in [-0.4, -0.2) is 33.4 Å². The Kier molecular flexibility index (Phi) is 7.18. The van der Waals surface area contributed by atoms with Crippen LogP contribution >= 0.6 is 11.3 Å². The minimum absolute atomic E-state index is 0.0318. The molecular formula is C32H25N3O5S. The summed E-state index contributed by atoms with van der Waals surface area (Å²) < 4.78 is 12.5. The Morgan fingerprint density at radius 1 is 0.927 bits per heavy atom. The topological polar surface area (TPSA) is 102 Å². The van der Waals surface area contributed by atoms with E-state index in [4.69, 9.17) is 14.5 Å². The first-order valence-electron chi connectivity index (χ1n) is 13.0. The zero-order valence-electron chi connectivity index (χ0n) is 22.1. The van der Waals surface area contributed by atoms with E-state index >= 15 is 0 Å². The molecular weight excluding hydrogens is 538 g/mol. The number of pyridine rings is 1. The highest BCUT2D eigenvalue weighted by Gasteiger charge is 2.48. The Morgan fingerprint density at radius 3 is 2.49 bits per heavy atom. The molecule has 0 spiro atoms. The Hall–Kier alpha value is -5.02. The zero-order valence-corrected chi connectivity index (χ0v) is 22.9. The lowest BCUT2D eigenvalue weighted by Crippen LogP contribution is -2.29. The molecule has 1 unspecified atom stereocenters. The number of fused-ring (bicyclic) bond motifs is 1. The zero-order chi connectivity index (χ0) is 28.3. The molecule has 5 aromatic rings. The fourth-order valence-electron chi connectivity index (χ4n) is 4.78. The van der Waals surface area contributed by atoms with Gasteiger partial charge >= 0.3 is 5.91 Å². The second kappa shape index (κ2) is 11.2. The molecule has 0 aliphatic carbocycles. The highest BCUT2D eigenvalue weighted by molar-refractivity contribution is 7.22. The van der Waals surface area contributed by atoms with Crippen molar-refractivity contribution in [2.24, 2.45) is 0 Å². The van der Waals surface area contributed by atoms with E-state index in [-0.39, 0.29) is 11.3 Å². The van der Waals surface area contributed by atoms with Crippen LogP contribution in [0.2, 0.25) is 0 Å². The third kappa shape index (κ3) is 5.15. The summed E-state index contributed by atoms with van der Waals surface area (Å²) in [5, 5.41) is 11.7. The number of ether oxygens (including phenoxy) is 2. The number of aromatic nitrogens is 2. The first kappa shape index (κ1) is 26.2. The number of amides is 1. The quantitative estimate of drug-likeness (QED) is 0.134. The largest absolute Gasteiger partial charge is 0.507 e. The van der Waals surface area contributed by atoms with Crippen molar-refractivity contribution >= 4 is 44.1 Å². The summed E-state index contributed by atoms with van der Waals surface area (Å²) in [4.78, 5) is 37.2. The number of aliphatic hydroxyl groups is 1. The van der Waals surface area contributed by atoms with Gasteiger partial charge in [-0.25, -0.2) is 4.98 Å². The summed E-state index contributed by atoms with van der Waals surface area (Å²) >= 11 is 1.28. The molecule has 1 N–H and O–H groups in total. The number of Topliss-reactive ketones (excluding diaryl/α,β-unsaturated/α-hetero) is 1. The van der Waals surface area contributed by atoms with Crippen molar-refractivity contribution in [3.8, 4) is 11.5 Å². The van der Waals surface area contributed by atoms with Gasteiger partial charge in [0.25, 0.3) is 5.78 Å². The molecule has 1 aliphatic heterocycles. The molecule has 3 aromatic carbocycles. The van der Waals surface area contributed by atoms with Crippen LogP contribution in [0, 0.1) is 0 Å². The molecule has 8 nitrogen and oxygen atoms in total. The fraction of sp³-hybridized carbons (Fsp3) is 0.125. The van der Waals surface area contributed by atoms with Crippen LogP contribution in [0.25, 0.3) is 16.0 Å². The molecule has 1 fully saturated rings. The monoisotopic (exact) mass is 563 g/mol. The van der Waals surface area contributed by atoms with Gasteiger partial charge in [-0.05, 0) is 60.5 Å². The molecule has 1 amide bonds. The molecule has 2 aromatic heterocycles. The van der Waals surface area contributed by atoms with Crippen molar-refractivity contribution in [2.45, 2.75) is 19.6 Å². The number of carbonyl (C=O) groups excluding carboxylic acids is 2. The first-order chi connectivity index (χ1) is 20.0. The molecule has 9 heteroatoms. The maximum atomic E-state index is 13.6. The van der Waals surface area contributed by atoms with Crippen molar-refractivity contribution in [3.63, 3.8) is 0 Å². The van der Waals surface area contributed by atoms with E-state index in [2.05, 4.69) is 4.98 Å². The number of benzene rings is 3. The summed E-state index contributed by atoms with van der Waals surface area (Å²) in [5.41, 5.74) is 2.62. The predicted molar refractivity (Wildman–Crippen MR) is 157 cm³/mol. The molecule has 6 rings (SSSR count). The third-order valence-electron chi connectivity index (χ3n) is 6.69. The Bertz CT molecular complexity index is 1770. The number of rotatable bonds is 8. The van der Waals surface area contributed by atoms with Crippen LogP contribution in [0.1, 0.15) is 29.7 Å². The van der Waals surface area contributed by atoms with Crippen molar-refractivity contribution in [1.82, 2.24) is 9.97 Å². The average molecular weight is 564 g/mol. The van der Waals surface area contributed by atoms with Gasteiger partial charge in [0.05, 0.1) is 28.4 Å². The minimum atomic E-state index is -0.935. The summed E-state index contributed by atoms with van der Waals surface area (Å²) in [7, 11) is 0. The normalized spacial score (nSPS) is 16.3. The molecule has 0 saturated carbocycles. The van der Waals surface area contributed by atoms with Gasteiger partial charge in [-0.2, -0.15) is 0 Å². The number of hydrogen-bond acceptors (Lipinski definition) is 8. The van der Waals surface area contributed by atoms with Crippen molar-refractivity contribution in [2.75, 3.05) is 11.5 Å². The van der Waals surface area contributed by atoms with E-state index in [9.17, 15) is 14.7 Å². The number of carbonyl (C=O) groups is 2. The minimum Gasteiger partial charge on any atom is -0.507 e. The maximum absolute atomic E-state index is 13.6. The van der Waals surface area contributed by atoms with Crippen LogP contribution < -0.4 is 14.4 Å². The summed E-state index contributed by atoms with van der Waals surface area (Å²) in [5.74, 6) is -0.602. The molecule has 41 heavy (non-hydrogen) atoms. The fourth-order valence-corrected chi connectivity index (χ4v) is 5.80. The third-order valence-corrected chi connectivity index (χ3v) is 7.70. The highest BCUT2D eigenvalue weighted by atomic mass is 32.1. The molecule has 0 radical (unpaired) electrons. The number of anilines is 1. The van der Waals surface area contributed by atoms with E-state index in [1.54, 1.807) is 30.3 Å². The van der Waals surface area contributed by atoms with Gasteiger partial charge in [0, 0.05) is 18.0 Å². The standard InChI is InChI=1S/C32H25N3O5S/c1-2-39-24-11-12-25-26(18-24)41-32(34-25)35-28(27(30(37)31(35)38)29(36)21-13-15-33-16-14-21)22-9-6-10-23(17-22)40-19-20-7-4-3-5-8-20/h3-18,28,36H,2,19H2,1H3. The average Bonchev–Trinajstić information content (AvgIpc) is 3.54. The summed E-state index contributed by atoms with van der Waals surface area (Å²) in [6.45, 7) is 2.77. The lowest BCUT2D eigenvalue weighted by Gasteiger charge is -2.23. The molecule has 204 valence electrons. The summed E-state index contributed by atoms with van der Waals surface area (Å²) in [6.07, 6.45) is 3.03. The first-order valence-corrected chi connectivity index (χ1v) is 13.9. The number of thiazole rings is 1. The second-order valence-electron chi connectivity index (χ2n) is 9.31. The van der Waals surface area contributed by atoms with Gasteiger partial charge in [-0.15, -0.1) is 0 Å². The van der Waals surface area contributed by atoms with Crippen LogP contribution in [0.15, 0.2) is 103 Å². The lowest BCUT2D eigenvalue weighted by atomic mass is 9.95. The van der Waals surface area contributed by atoms with E-state index in [0.29, 0.717) is 46.5 Å². The number of aliphatic hydroxyl groups excluding tert-OH is 1. The van der Waals surface area contributed by atoms with Crippen molar-refractivity contribution < 1.29 is 24.2 Å². The van der Waals surface area contributed by atoms with E-state index in [1.165, 1.54) is 28.6 Å². The SMILES string of the molecule is CCOc1ccc2nc(N3C(=O)C(=O)C(=C(O)c4ccncc4)C3c3cccc(OCc4ccccc4)c3)sc2c1. The van der Waals surface area contributed by atoms with Crippen molar-refractivity contribution in [1.29, 1.82) is 0 Å². The Labute approximate surface area is 240 Å². The lowest BCUT2D eigenvalue weighted by molar-refractivity contribution is -0.132. The second-order valence-corrected chi connectivity index (χ2v) is 10.3. The molecule has 1 saturated heterocycles. The Morgan fingerprint density at radius 2 is 1.71 bits per heavy atom. The molecule has 0 bridgehead atoms. The van der Waals surface area contributed by atoms with E-state index < -0.39 is 17.7 Å². The van der Waals surface area contributed by atoms with Gasteiger partial charge in [-0.1, -0.05) is 53.8 Å². The molecule has 1 aliphatic rings. The van der Waals surface area contributed by atoms with E-state index in [0.717, 1.165) is 10.3 Å². The smallest absolute Gasteiger partial charge is 0.301 e. The van der Waals surface area contributed by atoms with Crippen LogP contribution in [-0.2, 0) is 16.2 Å². The molecule has 3 heterocycles. The number of ketones is 1. The van der Waals surface area contributed by atoms with Crippen LogP contribution in [0.5, 0.6) is 11.5 Å². The molecule has 1 atom stereocenters. The van der Waals surface area contributed by atoms with Gasteiger partial charge < -0.3 is 14.6 Å². The Balaban J connectivity index is 1.46. The number of nitrogens with zero attached hydrogens (tertiary/aromatic N) is 3. The van der Waals surface area contributed by atoms with Crippen molar-refractivity contribution in [3.05, 3.63) is 120 Å². The van der Waals surface area contributed by atoms with Crippen LogP contribution in [0.4, 0.5) is 5.13 Å². The van der Waals surface area contributed by atoms with Gasteiger partial charge in [0.2, 0.25) is 0 Å².